The van der Waals surface area contributed by atoms with Crippen LogP contribution in [0.3, 0.4) is 0 Å². The van der Waals surface area contributed by atoms with Gasteiger partial charge in [-0.15, -0.1) is 0 Å². The van der Waals surface area contributed by atoms with Crippen LogP contribution in [0.5, 0.6) is 0 Å². The third-order valence-corrected chi connectivity index (χ3v) is 3.69. The highest BCUT2D eigenvalue weighted by Crippen LogP contribution is 2.22. The van der Waals surface area contributed by atoms with Crippen molar-refractivity contribution in [2.75, 3.05) is 7.11 Å². The number of ether oxygens (including phenoxy) is 1. The van der Waals surface area contributed by atoms with Gasteiger partial charge < -0.3 is 10.1 Å². The molecule has 0 heterocycles. The number of methoxy groups -OCH3 is 1. The summed E-state index contributed by atoms with van der Waals surface area (Å²) in [5, 5.41) is 2.83. The minimum absolute atomic E-state index is 0.130. The predicted octanol–water partition coefficient (Wildman–Crippen LogP) is 2.25. The molecule has 20 heavy (non-hydrogen) atoms. The number of carbonyl (C=O) groups excluding carboxylic acids is 2. The molecule has 0 aromatic heterocycles. The molecule has 4 nitrogen and oxygen atoms in total. The van der Waals surface area contributed by atoms with Gasteiger partial charge in [0.25, 0.3) is 5.91 Å². The van der Waals surface area contributed by atoms with Gasteiger partial charge in [-0.25, -0.2) is 0 Å². The fourth-order valence-corrected chi connectivity index (χ4v) is 2.57. The Hall–Kier alpha value is -1.84. The first-order chi connectivity index (χ1) is 9.60. The van der Waals surface area contributed by atoms with Gasteiger partial charge in [0.15, 0.2) is 0 Å². The lowest BCUT2D eigenvalue weighted by molar-refractivity contribution is -0.141. The first-order valence-electron chi connectivity index (χ1n) is 7.09. The zero-order valence-electron chi connectivity index (χ0n) is 12.1. The Kier molecular flexibility index (Phi) is 4.77. The SMILES string of the molecule is COC(=O)CC(C)NC(=O)c1ccc2c(c1)CCCC2. The molecule has 0 radical (unpaired) electrons. The normalized spacial score (nSPS) is 15.1. The summed E-state index contributed by atoms with van der Waals surface area (Å²) in [5.74, 6) is -0.446. The van der Waals surface area contributed by atoms with Crippen LogP contribution in [0.15, 0.2) is 18.2 Å². The Morgan fingerprint density at radius 3 is 2.65 bits per heavy atom. The molecule has 1 amide bonds. The molecule has 1 aromatic carbocycles. The third kappa shape index (κ3) is 3.59. The van der Waals surface area contributed by atoms with Crippen LogP contribution in [-0.4, -0.2) is 25.0 Å². The van der Waals surface area contributed by atoms with E-state index in [1.54, 1.807) is 6.92 Å². The van der Waals surface area contributed by atoms with Crippen molar-refractivity contribution in [3.63, 3.8) is 0 Å². The zero-order chi connectivity index (χ0) is 14.5. The minimum Gasteiger partial charge on any atom is -0.469 e. The molecule has 0 saturated heterocycles. The third-order valence-electron chi connectivity index (χ3n) is 3.69. The largest absolute Gasteiger partial charge is 0.469 e. The van der Waals surface area contributed by atoms with Gasteiger partial charge >= 0.3 is 5.97 Å². The fraction of sp³-hybridized carbons (Fsp3) is 0.500. The van der Waals surface area contributed by atoms with Crippen LogP contribution >= 0.6 is 0 Å². The zero-order valence-corrected chi connectivity index (χ0v) is 12.1. The van der Waals surface area contributed by atoms with Gasteiger partial charge in [0.2, 0.25) is 0 Å². The summed E-state index contributed by atoms with van der Waals surface area (Å²) >= 11 is 0. The quantitative estimate of drug-likeness (QED) is 0.857. The van der Waals surface area contributed by atoms with Crippen molar-refractivity contribution in [2.45, 2.75) is 45.1 Å². The van der Waals surface area contributed by atoms with Crippen LogP contribution in [0.1, 0.15) is 47.7 Å². The van der Waals surface area contributed by atoms with Crippen molar-refractivity contribution >= 4 is 11.9 Å². The second-order valence-corrected chi connectivity index (χ2v) is 5.35. The Morgan fingerprint density at radius 2 is 1.95 bits per heavy atom. The van der Waals surface area contributed by atoms with Crippen LogP contribution < -0.4 is 5.32 Å². The van der Waals surface area contributed by atoms with E-state index in [0.29, 0.717) is 5.56 Å². The average Bonchev–Trinajstić information content (AvgIpc) is 2.46. The Balaban J connectivity index is 2.00. The van der Waals surface area contributed by atoms with Gasteiger partial charge in [-0.2, -0.15) is 0 Å². The fourth-order valence-electron chi connectivity index (χ4n) is 2.57. The minimum atomic E-state index is -0.316. The molecule has 4 heteroatoms. The van der Waals surface area contributed by atoms with Gasteiger partial charge in [-0.1, -0.05) is 6.07 Å². The number of esters is 1. The molecule has 1 aliphatic rings. The number of aryl methyl sites for hydroxylation is 2. The Labute approximate surface area is 119 Å². The number of fused-ring (bicyclic) bond motifs is 1. The van der Waals surface area contributed by atoms with Crippen molar-refractivity contribution in [3.05, 3.63) is 34.9 Å². The van der Waals surface area contributed by atoms with Crippen molar-refractivity contribution in [1.29, 1.82) is 0 Å². The summed E-state index contributed by atoms with van der Waals surface area (Å²) in [6, 6.07) is 5.67. The van der Waals surface area contributed by atoms with E-state index in [4.69, 9.17) is 0 Å². The second-order valence-electron chi connectivity index (χ2n) is 5.35. The summed E-state index contributed by atoms with van der Waals surface area (Å²) in [5.41, 5.74) is 3.31. The highest BCUT2D eigenvalue weighted by Gasteiger charge is 2.16. The molecule has 0 aliphatic heterocycles. The number of rotatable bonds is 4. The Bertz CT molecular complexity index is 510. The summed E-state index contributed by atoms with van der Waals surface area (Å²) in [7, 11) is 1.35. The van der Waals surface area contributed by atoms with E-state index in [1.165, 1.54) is 31.1 Å². The van der Waals surface area contributed by atoms with Crippen molar-refractivity contribution in [3.8, 4) is 0 Å². The number of hydrogen-bond acceptors (Lipinski definition) is 3. The highest BCUT2D eigenvalue weighted by atomic mass is 16.5. The lowest BCUT2D eigenvalue weighted by atomic mass is 9.90. The van der Waals surface area contributed by atoms with E-state index >= 15 is 0 Å². The van der Waals surface area contributed by atoms with E-state index in [1.807, 2.05) is 18.2 Å². The molecule has 108 valence electrons. The van der Waals surface area contributed by atoms with Gasteiger partial charge in [-0.05, 0) is 55.9 Å². The monoisotopic (exact) mass is 275 g/mol. The second kappa shape index (κ2) is 6.55. The van der Waals surface area contributed by atoms with Crippen LogP contribution in [-0.2, 0) is 22.4 Å². The molecule has 1 aliphatic carbocycles. The van der Waals surface area contributed by atoms with Crippen molar-refractivity contribution in [1.82, 2.24) is 5.32 Å². The van der Waals surface area contributed by atoms with Crippen molar-refractivity contribution in [2.24, 2.45) is 0 Å². The lowest BCUT2D eigenvalue weighted by Crippen LogP contribution is -2.34. The van der Waals surface area contributed by atoms with Gasteiger partial charge in [0, 0.05) is 11.6 Å². The molecule has 1 aromatic rings. The molecular weight excluding hydrogens is 254 g/mol. The maximum atomic E-state index is 12.1. The highest BCUT2D eigenvalue weighted by molar-refractivity contribution is 5.94. The van der Waals surface area contributed by atoms with E-state index < -0.39 is 0 Å². The predicted molar refractivity (Wildman–Crippen MR) is 76.6 cm³/mol. The van der Waals surface area contributed by atoms with Crippen molar-refractivity contribution < 1.29 is 14.3 Å². The van der Waals surface area contributed by atoms with Crippen LogP contribution in [0.4, 0.5) is 0 Å². The first-order valence-corrected chi connectivity index (χ1v) is 7.09. The lowest BCUT2D eigenvalue weighted by Gasteiger charge is -2.17. The van der Waals surface area contributed by atoms with E-state index in [2.05, 4.69) is 10.1 Å². The Morgan fingerprint density at radius 1 is 1.25 bits per heavy atom. The van der Waals surface area contributed by atoms with Gasteiger partial charge in [0.05, 0.1) is 13.5 Å². The number of amides is 1. The summed E-state index contributed by atoms with van der Waals surface area (Å²) in [6.07, 6.45) is 4.77. The summed E-state index contributed by atoms with van der Waals surface area (Å²) < 4.78 is 4.59. The summed E-state index contributed by atoms with van der Waals surface area (Å²) in [4.78, 5) is 23.3. The number of benzene rings is 1. The van der Waals surface area contributed by atoms with Gasteiger partial charge in [0.1, 0.15) is 0 Å². The molecule has 1 atom stereocenters. The molecule has 0 fully saturated rings. The first kappa shape index (κ1) is 14.6. The van der Waals surface area contributed by atoms with Crippen LogP contribution in [0.25, 0.3) is 0 Å². The van der Waals surface area contributed by atoms with Gasteiger partial charge in [-0.3, -0.25) is 9.59 Å². The number of carbonyl (C=O) groups is 2. The molecule has 1 N–H and O–H groups in total. The molecule has 0 bridgehead atoms. The standard InChI is InChI=1S/C16H21NO3/c1-11(9-15(18)20-2)17-16(19)14-8-7-12-5-3-4-6-13(12)10-14/h7-8,10-11H,3-6,9H2,1-2H3,(H,17,19). The molecule has 2 rings (SSSR count). The van der Waals surface area contributed by atoms with E-state index in [-0.39, 0.29) is 24.3 Å². The molecule has 0 spiro atoms. The smallest absolute Gasteiger partial charge is 0.307 e. The molecule has 0 saturated carbocycles. The maximum absolute atomic E-state index is 12.1. The maximum Gasteiger partial charge on any atom is 0.307 e. The average molecular weight is 275 g/mol. The summed E-state index contributed by atoms with van der Waals surface area (Å²) in [6.45, 7) is 1.80. The molecular formula is C16H21NO3. The number of nitrogens with one attached hydrogen (secondary N) is 1. The topological polar surface area (TPSA) is 55.4 Å². The van der Waals surface area contributed by atoms with E-state index in [9.17, 15) is 9.59 Å². The molecule has 1 unspecified atom stereocenters. The van der Waals surface area contributed by atoms with Crippen LogP contribution in [0, 0.1) is 0 Å². The van der Waals surface area contributed by atoms with E-state index in [0.717, 1.165) is 12.8 Å². The van der Waals surface area contributed by atoms with Crippen LogP contribution in [0.2, 0.25) is 0 Å². The number of hydrogen-bond donors (Lipinski definition) is 1.